The molecule has 1 aliphatic rings. The molecule has 0 unspecified atom stereocenters. The van der Waals surface area contributed by atoms with Gasteiger partial charge in [0.2, 0.25) is 15.9 Å². The van der Waals surface area contributed by atoms with Crippen LogP contribution in [0.3, 0.4) is 0 Å². The van der Waals surface area contributed by atoms with Crippen molar-refractivity contribution in [3.63, 3.8) is 0 Å². The largest absolute Gasteiger partial charge is 0.495 e. The van der Waals surface area contributed by atoms with E-state index in [2.05, 4.69) is 5.32 Å². The van der Waals surface area contributed by atoms with Gasteiger partial charge in [-0.3, -0.25) is 4.79 Å². The molecular weight excluding hydrogens is 330 g/mol. The van der Waals surface area contributed by atoms with Crippen LogP contribution in [-0.4, -0.2) is 44.9 Å². The van der Waals surface area contributed by atoms with Crippen LogP contribution >= 0.6 is 0 Å². The summed E-state index contributed by atoms with van der Waals surface area (Å²) in [5.41, 5.74) is 5.70. The van der Waals surface area contributed by atoms with Crippen molar-refractivity contribution in [1.82, 2.24) is 4.31 Å². The van der Waals surface area contributed by atoms with Gasteiger partial charge in [0.05, 0.1) is 17.7 Å². The minimum absolute atomic E-state index is 0.185. The number of benzene rings is 1. The van der Waals surface area contributed by atoms with Gasteiger partial charge in [-0.25, -0.2) is 8.42 Å². The lowest BCUT2D eigenvalue weighted by molar-refractivity contribution is -0.118. The number of hydrogen-bond donors (Lipinski definition) is 2. The molecule has 0 aromatic heterocycles. The summed E-state index contributed by atoms with van der Waals surface area (Å²) in [6.45, 7) is 2.68. The highest BCUT2D eigenvalue weighted by Gasteiger charge is 2.26. The van der Waals surface area contributed by atoms with Crippen LogP contribution in [0.5, 0.6) is 5.75 Å². The fourth-order valence-corrected chi connectivity index (χ4v) is 4.24. The summed E-state index contributed by atoms with van der Waals surface area (Å²) in [5, 5.41) is 2.91. The number of amides is 1. The highest BCUT2D eigenvalue weighted by Crippen LogP contribution is 2.30. The number of sulfonamides is 1. The maximum atomic E-state index is 12.9. The Morgan fingerprint density at radius 2 is 1.88 bits per heavy atom. The minimum atomic E-state index is -3.57. The van der Waals surface area contributed by atoms with E-state index in [1.807, 2.05) is 0 Å². The van der Waals surface area contributed by atoms with E-state index in [0.717, 1.165) is 25.7 Å². The maximum absolute atomic E-state index is 12.9. The first kappa shape index (κ1) is 18.5. The Kier molecular flexibility index (Phi) is 6.06. The average Bonchev–Trinajstić information content (AvgIpc) is 2.84. The molecule has 24 heavy (non-hydrogen) atoms. The Hall–Kier alpha value is -1.80. The van der Waals surface area contributed by atoms with Crippen molar-refractivity contribution >= 4 is 21.6 Å². The lowest BCUT2D eigenvalue weighted by Crippen LogP contribution is -2.33. The van der Waals surface area contributed by atoms with E-state index < -0.39 is 22.0 Å². The Labute approximate surface area is 143 Å². The van der Waals surface area contributed by atoms with E-state index >= 15 is 0 Å². The van der Waals surface area contributed by atoms with E-state index in [1.54, 1.807) is 13.0 Å². The second-order valence-corrected chi connectivity index (χ2v) is 7.89. The van der Waals surface area contributed by atoms with E-state index in [9.17, 15) is 13.2 Å². The van der Waals surface area contributed by atoms with Crippen molar-refractivity contribution < 1.29 is 17.9 Å². The van der Waals surface area contributed by atoms with Gasteiger partial charge in [0, 0.05) is 13.1 Å². The average molecular weight is 355 g/mol. The number of nitrogens with one attached hydrogen (secondary N) is 1. The Balaban J connectivity index is 2.34. The van der Waals surface area contributed by atoms with Gasteiger partial charge in [0.1, 0.15) is 11.8 Å². The maximum Gasteiger partial charge on any atom is 0.243 e. The summed E-state index contributed by atoms with van der Waals surface area (Å²) >= 11 is 0. The zero-order valence-electron chi connectivity index (χ0n) is 14.1. The van der Waals surface area contributed by atoms with Gasteiger partial charge in [-0.15, -0.1) is 0 Å². The number of carbonyl (C=O) groups excluding carboxylic acids is 1. The van der Waals surface area contributed by atoms with Crippen LogP contribution in [0.2, 0.25) is 0 Å². The quantitative estimate of drug-likeness (QED) is 0.806. The van der Waals surface area contributed by atoms with Crippen LogP contribution in [0.15, 0.2) is 23.1 Å². The van der Waals surface area contributed by atoms with Gasteiger partial charge in [-0.05, 0) is 38.0 Å². The highest BCUT2D eigenvalue weighted by atomic mass is 32.2. The molecule has 0 radical (unpaired) electrons. The SMILES string of the molecule is COc1ccc(S(=O)(=O)N2CCCCCC2)cc1N[C@@H](C)C(N)=O. The number of nitrogens with two attached hydrogens (primary N) is 1. The fraction of sp³-hybridized carbons (Fsp3) is 0.562. The molecule has 1 fully saturated rings. The molecule has 1 aromatic rings. The van der Waals surface area contributed by atoms with Crippen LogP contribution in [-0.2, 0) is 14.8 Å². The third kappa shape index (κ3) is 4.18. The second-order valence-electron chi connectivity index (χ2n) is 5.95. The van der Waals surface area contributed by atoms with E-state index in [4.69, 9.17) is 10.5 Å². The smallest absolute Gasteiger partial charge is 0.243 e. The number of primary amides is 1. The summed E-state index contributed by atoms with van der Waals surface area (Å²) in [6.07, 6.45) is 3.85. The molecule has 2 rings (SSSR count). The monoisotopic (exact) mass is 355 g/mol. The number of hydrogen-bond acceptors (Lipinski definition) is 5. The zero-order valence-corrected chi connectivity index (χ0v) is 14.9. The predicted octanol–water partition coefficient (Wildman–Crippen LogP) is 1.55. The van der Waals surface area contributed by atoms with E-state index in [1.165, 1.54) is 23.5 Å². The van der Waals surface area contributed by atoms with E-state index in [0.29, 0.717) is 24.5 Å². The Morgan fingerprint density at radius 1 is 1.25 bits per heavy atom. The van der Waals surface area contributed by atoms with Crippen molar-refractivity contribution in [3.8, 4) is 5.75 Å². The first-order valence-electron chi connectivity index (χ1n) is 8.10. The number of ether oxygens (including phenoxy) is 1. The minimum Gasteiger partial charge on any atom is -0.495 e. The molecule has 1 aromatic carbocycles. The normalized spacial score (nSPS) is 17.8. The molecule has 134 valence electrons. The van der Waals surface area contributed by atoms with Gasteiger partial charge in [0.25, 0.3) is 0 Å². The number of anilines is 1. The Bertz CT molecular complexity index is 683. The van der Waals surface area contributed by atoms with Crippen molar-refractivity contribution in [2.24, 2.45) is 5.73 Å². The lowest BCUT2D eigenvalue weighted by atomic mass is 10.2. The molecule has 1 aliphatic heterocycles. The molecule has 0 saturated carbocycles. The van der Waals surface area contributed by atoms with E-state index in [-0.39, 0.29) is 4.90 Å². The van der Waals surface area contributed by atoms with Crippen molar-refractivity contribution in [1.29, 1.82) is 0 Å². The standard InChI is InChI=1S/C16H25N3O4S/c1-12(16(17)20)18-14-11-13(7-8-15(14)23-2)24(21,22)19-9-5-3-4-6-10-19/h7-8,11-12,18H,3-6,9-10H2,1-2H3,(H2,17,20)/t12-/m0/s1. The molecule has 0 aliphatic carbocycles. The second kappa shape index (κ2) is 7.85. The predicted molar refractivity (Wildman–Crippen MR) is 92.5 cm³/mol. The summed E-state index contributed by atoms with van der Waals surface area (Å²) in [4.78, 5) is 11.4. The molecular formula is C16H25N3O4S. The summed E-state index contributed by atoms with van der Waals surface area (Å²) < 4.78 is 32.5. The summed E-state index contributed by atoms with van der Waals surface area (Å²) in [6, 6.07) is 3.97. The molecule has 0 spiro atoms. The van der Waals surface area contributed by atoms with Gasteiger partial charge >= 0.3 is 0 Å². The lowest BCUT2D eigenvalue weighted by Gasteiger charge is -2.21. The van der Waals surface area contributed by atoms with Crippen molar-refractivity contribution in [2.75, 3.05) is 25.5 Å². The molecule has 8 heteroatoms. The van der Waals surface area contributed by atoms with Crippen molar-refractivity contribution in [2.45, 2.75) is 43.5 Å². The van der Waals surface area contributed by atoms with Crippen LogP contribution in [0, 0.1) is 0 Å². The van der Waals surface area contributed by atoms with Gasteiger partial charge < -0.3 is 15.8 Å². The number of methoxy groups -OCH3 is 1. The van der Waals surface area contributed by atoms with Crippen LogP contribution in [0.4, 0.5) is 5.69 Å². The van der Waals surface area contributed by atoms with Crippen LogP contribution < -0.4 is 15.8 Å². The van der Waals surface area contributed by atoms with Gasteiger partial charge in [-0.1, -0.05) is 12.8 Å². The first-order chi connectivity index (χ1) is 11.4. The van der Waals surface area contributed by atoms with Crippen LogP contribution in [0.1, 0.15) is 32.6 Å². The van der Waals surface area contributed by atoms with Crippen molar-refractivity contribution in [3.05, 3.63) is 18.2 Å². The number of nitrogens with zero attached hydrogens (tertiary/aromatic N) is 1. The molecule has 1 amide bonds. The molecule has 1 saturated heterocycles. The molecule has 0 bridgehead atoms. The molecule has 1 heterocycles. The molecule has 3 N–H and O–H groups in total. The highest BCUT2D eigenvalue weighted by molar-refractivity contribution is 7.89. The molecule has 7 nitrogen and oxygen atoms in total. The number of carbonyl (C=O) groups is 1. The van der Waals surface area contributed by atoms with Gasteiger partial charge in [0.15, 0.2) is 0 Å². The molecule has 1 atom stereocenters. The van der Waals surface area contributed by atoms with Gasteiger partial charge in [-0.2, -0.15) is 4.31 Å². The summed E-state index contributed by atoms with van der Waals surface area (Å²) in [7, 11) is -2.08. The first-order valence-corrected chi connectivity index (χ1v) is 9.54. The van der Waals surface area contributed by atoms with Crippen LogP contribution in [0.25, 0.3) is 0 Å². The zero-order chi connectivity index (χ0) is 17.7. The third-order valence-corrected chi connectivity index (χ3v) is 6.07. The topological polar surface area (TPSA) is 102 Å². The fourth-order valence-electron chi connectivity index (χ4n) is 2.70. The third-order valence-electron chi connectivity index (χ3n) is 4.17. The summed E-state index contributed by atoms with van der Waals surface area (Å²) in [5.74, 6) is -0.0734. The Morgan fingerprint density at radius 3 is 2.42 bits per heavy atom. The number of rotatable bonds is 6.